The minimum absolute atomic E-state index is 0.853. The lowest BCUT2D eigenvalue weighted by molar-refractivity contribution is 0.669. The molecule has 0 aliphatic carbocycles. The van der Waals surface area contributed by atoms with Crippen molar-refractivity contribution in [2.24, 2.45) is 0 Å². The highest BCUT2D eigenvalue weighted by atomic mass is 16.3. The third kappa shape index (κ3) is 4.75. The maximum Gasteiger partial charge on any atom is 0.145 e. The van der Waals surface area contributed by atoms with Gasteiger partial charge in [0.2, 0.25) is 0 Å². The van der Waals surface area contributed by atoms with E-state index >= 15 is 0 Å². The Morgan fingerprint density at radius 3 is 1.81 bits per heavy atom. The van der Waals surface area contributed by atoms with Crippen molar-refractivity contribution in [1.82, 2.24) is 0 Å². The van der Waals surface area contributed by atoms with E-state index < -0.39 is 0 Å². The molecule has 0 atom stereocenters. The Balaban J connectivity index is 1.23. The summed E-state index contributed by atoms with van der Waals surface area (Å²) in [6.07, 6.45) is 0. The lowest BCUT2D eigenvalue weighted by Crippen LogP contribution is -2.10. The highest BCUT2D eigenvalue weighted by Crippen LogP contribution is 2.48. The van der Waals surface area contributed by atoms with Crippen LogP contribution < -0.4 is 4.90 Å². The monoisotopic (exact) mass is 677 g/mol. The van der Waals surface area contributed by atoms with Crippen molar-refractivity contribution in [3.63, 3.8) is 0 Å². The van der Waals surface area contributed by atoms with Crippen molar-refractivity contribution in [1.29, 1.82) is 0 Å². The van der Waals surface area contributed by atoms with Crippen molar-refractivity contribution in [2.75, 3.05) is 4.90 Å². The topological polar surface area (TPSA) is 29.5 Å². The van der Waals surface area contributed by atoms with Crippen LogP contribution in [-0.2, 0) is 0 Å². The Labute approximate surface area is 305 Å². The third-order valence-electron chi connectivity index (χ3n) is 10.6. The number of benzene rings is 9. The van der Waals surface area contributed by atoms with Crippen LogP contribution in [0, 0.1) is 0 Å². The van der Waals surface area contributed by atoms with Crippen LogP contribution in [0.2, 0.25) is 0 Å². The molecule has 0 radical (unpaired) electrons. The van der Waals surface area contributed by atoms with Crippen LogP contribution in [0.1, 0.15) is 0 Å². The first kappa shape index (κ1) is 29.6. The van der Waals surface area contributed by atoms with Crippen LogP contribution in [-0.4, -0.2) is 0 Å². The normalized spacial score (nSPS) is 11.8. The van der Waals surface area contributed by atoms with E-state index in [0.717, 1.165) is 83.2 Å². The van der Waals surface area contributed by atoms with Crippen molar-refractivity contribution in [3.8, 4) is 22.3 Å². The van der Waals surface area contributed by atoms with Crippen molar-refractivity contribution < 1.29 is 8.83 Å². The molecule has 0 amide bonds. The van der Waals surface area contributed by atoms with Gasteiger partial charge in [-0.05, 0) is 98.9 Å². The molecule has 248 valence electrons. The highest BCUT2D eigenvalue weighted by Gasteiger charge is 2.24. The molecule has 0 saturated carbocycles. The van der Waals surface area contributed by atoms with Gasteiger partial charge in [-0.25, -0.2) is 0 Å². The van der Waals surface area contributed by atoms with Crippen LogP contribution in [0.3, 0.4) is 0 Å². The summed E-state index contributed by atoms with van der Waals surface area (Å²) < 4.78 is 13.3. The quantitative estimate of drug-likeness (QED) is 0.170. The molecule has 0 aliphatic heterocycles. The molecule has 0 bridgehead atoms. The third-order valence-corrected chi connectivity index (χ3v) is 10.6. The predicted octanol–water partition coefficient (Wildman–Crippen LogP) is 14.6. The molecule has 3 heteroatoms. The summed E-state index contributed by atoms with van der Waals surface area (Å²) in [6.45, 7) is 0. The van der Waals surface area contributed by atoms with Crippen LogP contribution in [0.4, 0.5) is 17.1 Å². The molecule has 0 N–H and O–H groups in total. The van der Waals surface area contributed by atoms with Crippen LogP contribution in [0.25, 0.3) is 87.7 Å². The molecule has 53 heavy (non-hydrogen) atoms. The van der Waals surface area contributed by atoms with E-state index in [4.69, 9.17) is 8.83 Å². The van der Waals surface area contributed by atoms with Gasteiger partial charge in [0.25, 0.3) is 0 Å². The largest absolute Gasteiger partial charge is 0.456 e. The van der Waals surface area contributed by atoms with E-state index in [1.54, 1.807) is 0 Å². The number of nitrogens with zero attached hydrogens (tertiary/aromatic N) is 1. The molecule has 0 spiro atoms. The van der Waals surface area contributed by atoms with Crippen LogP contribution in [0.5, 0.6) is 0 Å². The summed E-state index contributed by atoms with van der Waals surface area (Å²) in [4.78, 5) is 2.39. The molecule has 0 unspecified atom stereocenters. The van der Waals surface area contributed by atoms with Gasteiger partial charge < -0.3 is 13.7 Å². The van der Waals surface area contributed by atoms with Crippen molar-refractivity contribution in [3.05, 3.63) is 188 Å². The smallest absolute Gasteiger partial charge is 0.145 e. The fourth-order valence-corrected chi connectivity index (χ4v) is 8.11. The van der Waals surface area contributed by atoms with Gasteiger partial charge in [-0.1, -0.05) is 127 Å². The van der Waals surface area contributed by atoms with Gasteiger partial charge in [0.05, 0.1) is 11.1 Å². The van der Waals surface area contributed by atoms with Gasteiger partial charge in [0.15, 0.2) is 0 Å². The molecule has 2 aromatic heterocycles. The maximum atomic E-state index is 6.96. The van der Waals surface area contributed by atoms with E-state index in [1.807, 2.05) is 12.1 Å². The first-order chi connectivity index (χ1) is 26.3. The summed E-state index contributed by atoms with van der Waals surface area (Å²) in [5.41, 5.74) is 11.0. The Bertz CT molecular complexity index is 3170. The van der Waals surface area contributed by atoms with Crippen LogP contribution >= 0.6 is 0 Å². The maximum absolute atomic E-state index is 6.96. The Morgan fingerprint density at radius 1 is 0.340 bits per heavy atom. The summed E-state index contributed by atoms with van der Waals surface area (Å²) in [6, 6.07) is 66.8. The number of hydrogen-bond acceptors (Lipinski definition) is 3. The molecule has 2 heterocycles. The Kier molecular flexibility index (Phi) is 6.55. The second-order valence-electron chi connectivity index (χ2n) is 13.7. The van der Waals surface area contributed by atoms with Gasteiger partial charge in [0, 0.05) is 33.1 Å². The van der Waals surface area contributed by atoms with Gasteiger partial charge >= 0.3 is 0 Å². The lowest BCUT2D eigenvalue weighted by atomic mass is 9.98. The summed E-state index contributed by atoms with van der Waals surface area (Å²) >= 11 is 0. The summed E-state index contributed by atoms with van der Waals surface area (Å²) in [5.74, 6) is 0. The second kappa shape index (κ2) is 11.7. The first-order valence-corrected chi connectivity index (χ1v) is 18.0. The number of rotatable bonds is 5. The molecular weight excluding hydrogens is 647 g/mol. The zero-order valence-corrected chi connectivity index (χ0v) is 28.7. The van der Waals surface area contributed by atoms with Crippen molar-refractivity contribution >= 4 is 82.5 Å². The Morgan fingerprint density at radius 2 is 0.981 bits per heavy atom. The molecular formula is C50H31NO2. The fraction of sp³-hybridized carbons (Fsp3) is 0. The van der Waals surface area contributed by atoms with E-state index in [0.29, 0.717) is 0 Å². The predicted molar refractivity (Wildman–Crippen MR) is 222 cm³/mol. The molecule has 0 aliphatic rings. The zero-order chi connectivity index (χ0) is 34.9. The molecule has 0 saturated heterocycles. The van der Waals surface area contributed by atoms with Gasteiger partial charge in [-0.2, -0.15) is 0 Å². The number of fused-ring (bicyclic) bond motifs is 9. The first-order valence-electron chi connectivity index (χ1n) is 18.0. The second-order valence-corrected chi connectivity index (χ2v) is 13.7. The average molecular weight is 678 g/mol. The number of para-hydroxylation sites is 1. The molecule has 0 fully saturated rings. The van der Waals surface area contributed by atoms with Crippen molar-refractivity contribution in [2.45, 2.75) is 0 Å². The lowest BCUT2D eigenvalue weighted by Gasteiger charge is -2.27. The van der Waals surface area contributed by atoms with Crippen LogP contribution in [0.15, 0.2) is 197 Å². The van der Waals surface area contributed by atoms with Gasteiger partial charge in [-0.3, -0.25) is 0 Å². The van der Waals surface area contributed by atoms with E-state index in [2.05, 4.69) is 181 Å². The molecule has 11 aromatic rings. The fourth-order valence-electron chi connectivity index (χ4n) is 8.11. The zero-order valence-electron chi connectivity index (χ0n) is 28.7. The van der Waals surface area contributed by atoms with E-state index in [1.165, 1.54) is 21.5 Å². The highest BCUT2D eigenvalue weighted by molar-refractivity contribution is 6.18. The number of furan rings is 2. The van der Waals surface area contributed by atoms with E-state index in [9.17, 15) is 0 Å². The molecule has 9 aromatic carbocycles. The SMILES string of the molecule is c1ccc(-c2ccc3c(c2)oc2c(-c4ccccc4)ccc(N(c4ccc5ccc6ccccc6c5c4)c4ccc5oc6ccccc6c5c4)c23)cc1. The number of anilines is 3. The van der Waals surface area contributed by atoms with Gasteiger partial charge in [0.1, 0.15) is 22.3 Å². The summed E-state index contributed by atoms with van der Waals surface area (Å²) in [5, 5.41) is 9.18. The minimum atomic E-state index is 0.853. The minimum Gasteiger partial charge on any atom is -0.456 e. The average Bonchev–Trinajstić information content (AvgIpc) is 3.80. The summed E-state index contributed by atoms with van der Waals surface area (Å²) in [7, 11) is 0. The molecule has 3 nitrogen and oxygen atoms in total. The van der Waals surface area contributed by atoms with Gasteiger partial charge in [-0.15, -0.1) is 0 Å². The Hall–Kier alpha value is -7.10. The molecule has 11 rings (SSSR count). The van der Waals surface area contributed by atoms with E-state index in [-0.39, 0.29) is 0 Å². The number of hydrogen-bond donors (Lipinski definition) is 0. The standard InChI is InChI=1S/C50H31NO2/c1-3-11-32(12-4-1)36-22-25-42-48(29-36)53-50-40(33-13-5-2-6-14-33)26-27-45(49(42)50)51(38-24-28-47-44(31-38)41-17-9-10-18-46(41)52-47)37-23-21-35-20-19-34-15-7-8-16-39(34)43(35)30-37/h1-31H.